The lowest BCUT2D eigenvalue weighted by atomic mass is 10.0. The van der Waals surface area contributed by atoms with E-state index in [-0.39, 0.29) is 6.04 Å². The van der Waals surface area contributed by atoms with Gasteiger partial charge in [0.15, 0.2) is 0 Å². The molecular formula is C14H17N3O. The maximum Gasteiger partial charge on any atom is 0.122 e. The minimum Gasteiger partial charge on any atom is -0.496 e. The summed E-state index contributed by atoms with van der Waals surface area (Å²) in [5, 5.41) is 3.28. The highest BCUT2D eigenvalue weighted by molar-refractivity contribution is 5.34. The molecule has 1 atom stereocenters. The van der Waals surface area contributed by atoms with Crippen molar-refractivity contribution in [1.29, 1.82) is 0 Å². The molecule has 0 aliphatic rings. The molecule has 1 aromatic carbocycles. The number of hydrogen-bond donors (Lipinski definition) is 1. The molecule has 4 nitrogen and oxygen atoms in total. The SMILES string of the molecule is CNC(Cc1ccccc1OC)c1cncnc1. The Bertz CT molecular complexity index is 487. The van der Waals surface area contributed by atoms with Gasteiger partial charge in [-0.15, -0.1) is 0 Å². The maximum absolute atomic E-state index is 5.37. The molecule has 0 fully saturated rings. The molecule has 0 spiro atoms. The van der Waals surface area contributed by atoms with Crippen molar-refractivity contribution in [2.24, 2.45) is 0 Å². The maximum atomic E-state index is 5.37. The summed E-state index contributed by atoms with van der Waals surface area (Å²) in [6.07, 6.45) is 6.06. The Labute approximate surface area is 107 Å². The van der Waals surface area contributed by atoms with Crippen molar-refractivity contribution < 1.29 is 4.74 Å². The molecule has 0 amide bonds. The average molecular weight is 243 g/mol. The first-order valence-corrected chi connectivity index (χ1v) is 5.89. The smallest absolute Gasteiger partial charge is 0.122 e. The van der Waals surface area contributed by atoms with Crippen LogP contribution >= 0.6 is 0 Å². The summed E-state index contributed by atoms with van der Waals surface area (Å²) < 4.78 is 5.37. The van der Waals surface area contributed by atoms with Crippen molar-refractivity contribution >= 4 is 0 Å². The predicted octanol–water partition coefficient (Wildman–Crippen LogP) is 1.99. The van der Waals surface area contributed by atoms with E-state index in [4.69, 9.17) is 4.74 Å². The number of para-hydroxylation sites is 1. The first-order valence-electron chi connectivity index (χ1n) is 5.89. The van der Waals surface area contributed by atoms with Crippen molar-refractivity contribution in [3.63, 3.8) is 0 Å². The predicted molar refractivity (Wildman–Crippen MR) is 70.5 cm³/mol. The van der Waals surface area contributed by atoms with Gasteiger partial charge in [-0.05, 0) is 25.1 Å². The van der Waals surface area contributed by atoms with E-state index in [0.29, 0.717) is 0 Å². The normalized spacial score (nSPS) is 12.1. The molecule has 2 aromatic rings. The molecule has 1 unspecified atom stereocenters. The molecule has 4 heteroatoms. The highest BCUT2D eigenvalue weighted by atomic mass is 16.5. The Hall–Kier alpha value is -1.94. The summed E-state index contributed by atoms with van der Waals surface area (Å²) >= 11 is 0. The first-order chi connectivity index (χ1) is 8.85. The van der Waals surface area contributed by atoms with Gasteiger partial charge in [0, 0.05) is 24.0 Å². The molecule has 94 valence electrons. The molecule has 0 aliphatic carbocycles. The van der Waals surface area contributed by atoms with Crippen LogP contribution < -0.4 is 10.1 Å². The standard InChI is InChI=1S/C14H17N3O/c1-15-13(12-8-16-10-17-9-12)7-11-5-3-4-6-14(11)18-2/h3-6,8-10,13,15H,7H2,1-2H3. The van der Waals surface area contributed by atoms with Crippen LogP contribution in [0.15, 0.2) is 43.0 Å². The largest absolute Gasteiger partial charge is 0.496 e. The minimum absolute atomic E-state index is 0.183. The summed E-state index contributed by atoms with van der Waals surface area (Å²) in [7, 11) is 3.63. The number of benzene rings is 1. The minimum atomic E-state index is 0.183. The third-order valence-electron chi connectivity index (χ3n) is 2.95. The number of aromatic nitrogens is 2. The van der Waals surface area contributed by atoms with Crippen molar-refractivity contribution in [3.05, 3.63) is 54.1 Å². The third kappa shape index (κ3) is 2.84. The fourth-order valence-electron chi connectivity index (χ4n) is 1.97. The lowest BCUT2D eigenvalue weighted by molar-refractivity contribution is 0.406. The van der Waals surface area contributed by atoms with Crippen molar-refractivity contribution in [2.45, 2.75) is 12.5 Å². The Morgan fingerprint density at radius 2 is 1.94 bits per heavy atom. The van der Waals surface area contributed by atoms with E-state index in [1.165, 1.54) is 5.56 Å². The number of hydrogen-bond acceptors (Lipinski definition) is 4. The molecule has 0 aliphatic heterocycles. The van der Waals surface area contributed by atoms with Crippen LogP contribution in [-0.4, -0.2) is 24.1 Å². The molecule has 1 heterocycles. The molecular weight excluding hydrogens is 226 g/mol. The van der Waals surface area contributed by atoms with E-state index >= 15 is 0 Å². The van der Waals surface area contributed by atoms with Gasteiger partial charge in [0.25, 0.3) is 0 Å². The number of nitrogens with one attached hydrogen (secondary N) is 1. The first kappa shape index (κ1) is 12.5. The number of nitrogens with zero attached hydrogens (tertiary/aromatic N) is 2. The van der Waals surface area contributed by atoms with Crippen molar-refractivity contribution in [1.82, 2.24) is 15.3 Å². The van der Waals surface area contributed by atoms with Crippen LogP contribution in [0.3, 0.4) is 0 Å². The Balaban J connectivity index is 2.21. The topological polar surface area (TPSA) is 47.0 Å². The lowest BCUT2D eigenvalue weighted by Crippen LogP contribution is -2.19. The lowest BCUT2D eigenvalue weighted by Gasteiger charge is -2.17. The summed E-state index contributed by atoms with van der Waals surface area (Å²) in [4.78, 5) is 8.11. The molecule has 18 heavy (non-hydrogen) atoms. The van der Waals surface area contributed by atoms with Gasteiger partial charge in [-0.2, -0.15) is 0 Å². The number of rotatable bonds is 5. The van der Waals surface area contributed by atoms with Gasteiger partial charge in [0.1, 0.15) is 12.1 Å². The van der Waals surface area contributed by atoms with Gasteiger partial charge in [-0.1, -0.05) is 18.2 Å². The second-order valence-electron chi connectivity index (χ2n) is 4.03. The highest BCUT2D eigenvalue weighted by Crippen LogP contribution is 2.23. The van der Waals surface area contributed by atoms with E-state index in [1.807, 2.05) is 37.6 Å². The van der Waals surface area contributed by atoms with Crippen molar-refractivity contribution in [2.75, 3.05) is 14.2 Å². The highest BCUT2D eigenvalue weighted by Gasteiger charge is 2.13. The molecule has 0 bridgehead atoms. The second kappa shape index (κ2) is 6.12. The van der Waals surface area contributed by atoms with E-state index in [1.54, 1.807) is 13.4 Å². The van der Waals surface area contributed by atoms with Gasteiger partial charge < -0.3 is 10.1 Å². The van der Waals surface area contributed by atoms with Crippen LogP contribution in [0.1, 0.15) is 17.2 Å². The summed E-state index contributed by atoms with van der Waals surface area (Å²) in [6, 6.07) is 8.23. The zero-order valence-electron chi connectivity index (χ0n) is 10.6. The van der Waals surface area contributed by atoms with Gasteiger partial charge in [0.05, 0.1) is 7.11 Å². The zero-order valence-corrected chi connectivity index (χ0v) is 10.6. The quantitative estimate of drug-likeness (QED) is 0.872. The van der Waals surface area contributed by atoms with Crippen LogP contribution in [0.25, 0.3) is 0 Å². The molecule has 2 rings (SSSR count). The van der Waals surface area contributed by atoms with Gasteiger partial charge in [-0.3, -0.25) is 0 Å². The van der Waals surface area contributed by atoms with Crippen LogP contribution in [-0.2, 0) is 6.42 Å². The van der Waals surface area contributed by atoms with Crippen LogP contribution in [0.4, 0.5) is 0 Å². The fourth-order valence-corrected chi connectivity index (χ4v) is 1.97. The molecule has 0 radical (unpaired) electrons. The van der Waals surface area contributed by atoms with E-state index < -0.39 is 0 Å². The van der Waals surface area contributed by atoms with E-state index in [9.17, 15) is 0 Å². The summed E-state index contributed by atoms with van der Waals surface area (Å²) in [6.45, 7) is 0. The molecule has 0 saturated heterocycles. The zero-order chi connectivity index (χ0) is 12.8. The molecule has 0 saturated carbocycles. The monoisotopic (exact) mass is 243 g/mol. The van der Waals surface area contributed by atoms with E-state index in [0.717, 1.165) is 17.7 Å². The Kier molecular flexibility index (Phi) is 4.25. The van der Waals surface area contributed by atoms with Crippen LogP contribution in [0, 0.1) is 0 Å². The average Bonchev–Trinajstić information content (AvgIpc) is 2.46. The van der Waals surface area contributed by atoms with E-state index in [2.05, 4.69) is 21.4 Å². The summed E-state index contributed by atoms with van der Waals surface area (Å²) in [5.41, 5.74) is 2.24. The molecule has 1 aromatic heterocycles. The van der Waals surface area contributed by atoms with Crippen LogP contribution in [0.2, 0.25) is 0 Å². The Morgan fingerprint density at radius 1 is 1.22 bits per heavy atom. The van der Waals surface area contributed by atoms with Gasteiger partial charge in [-0.25, -0.2) is 9.97 Å². The fraction of sp³-hybridized carbons (Fsp3) is 0.286. The summed E-state index contributed by atoms with van der Waals surface area (Å²) in [5.74, 6) is 0.912. The molecule has 1 N–H and O–H groups in total. The Morgan fingerprint density at radius 3 is 2.61 bits per heavy atom. The van der Waals surface area contributed by atoms with Gasteiger partial charge >= 0.3 is 0 Å². The number of methoxy groups -OCH3 is 1. The van der Waals surface area contributed by atoms with Gasteiger partial charge in [0.2, 0.25) is 0 Å². The third-order valence-corrected chi connectivity index (χ3v) is 2.95. The number of likely N-dealkylation sites (N-methyl/N-ethyl adjacent to an activating group) is 1. The number of ether oxygens (including phenoxy) is 1. The van der Waals surface area contributed by atoms with Crippen molar-refractivity contribution in [3.8, 4) is 5.75 Å². The second-order valence-corrected chi connectivity index (χ2v) is 4.03. The van der Waals surface area contributed by atoms with Crippen LogP contribution in [0.5, 0.6) is 5.75 Å².